The lowest BCUT2D eigenvalue weighted by Crippen LogP contribution is -2.32. The molecule has 0 radical (unpaired) electrons. The number of rotatable bonds is 10. The Morgan fingerprint density at radius 1 is 1.05 bits per heavy atom. The Balaban J connectivity index is 2.50. The summed E-state index contributed by atoms with van der Waals surface area (Å²) < 4.78 is 11.5. The summed E-state index contributed by atoms with van der Waals surface area (Å²) in [4.78, 5) is 0. The molecule has 3 nitrogen and oxygen atoms in total. The van der Waals surface area contributed by atoms with E-state index in [9.17, 15) is 0 Å². The Labute approximate surface area is 123 Å². The summed E-state index contributed by atoms with van der Waals surface area (Å²) in [5.74, 6) is 1.68. The molecule has 0 spiro atoms. The van der Waals surface area contributed by atoms with Crippen LogP contribution in [-0.4, -0.2) is 26.3 Å². The molecule has 1 aromatic carbocycles. The average molecular weight is 279 g/mol. The lowest BCUT2D eigenvalue weighted by atomic mass is 9.84. The minimum atomic E-state index is 0.288. The van der Waals surface area contributed by atoms with Crippen LogP contribution < -0.4 is 14.8 Å². The quantitative estimate of drug-likeness (QED) is 0.705. The minimum Gasteiger partial charge on any atom is -0.490 e. The first kappa shape index (κ1) is 16.8. The zero-order chi connectivity index (χ0) is 14.8. The van der Waals surface area contributed by atoms with Crippen molar-refractivity contribution in [3.05, 3.63) is 24.3 Å². The number of benzene rings is 1. The van der Waals surface area contributed by atoms with E-state index in [1.807, 2.05) is 31.2 Å². The van der Waals surface area contributed by atoms with E-state index >= 15 is 0 Å². The summed E-state index contributed by atoms with van der Waals surface area (Å²) in [5.41, 5.74) is 0.288. The zero-order valence-electron chi connectivity index (χ0n) is 13.4. The fraction of sp³-hybridized carbons (Fsp3) is 0.647. The Morgan fingerprint density at radius 3 is 2.25 bits per heavy atom. The van der Waals surface area contributed by atoms with Gasteiger partial charge in [0, 0.05) is 6.54 Å². The van der Waals surface area contributed by atoms with Gasteiger partial charge in [0.15, 0.2) is 11.5 Å². The minimum absolute atomic E-state index is 0.288. The molecule has 3 heteroatoms. The Morgan fingerprint density at radius 2 is 1.70 bits per heavy atom. The molecule has 1 rings (SSSR count). The molecular weight excluding hydrogens is 250 g/mol. The standard InChI is InChI=1S/C17H29NO2/c1-5-17(4,14-18-6-2)12-13-20-16-11-9-8-10-15(16)19-7-3/h8-11,18H,5-7,12-14H2,1-4H3. The Hall–Kier alpha value is -1.22. The van der Waals surface area contributed by atoms with E-state index in [1.165, 1.54) is 0 Å². The van der Waals surface area contributed by atoms with Gasteiger partial charge in [-0.05, 0) is 43.9 Å². The third kappa shape index (κ3) is 5.41. The molecule has 0 bridgehead atoms. The highest BCUT2D eigenvalue weighted by Gasteiger charge is 2.21. The topological polar surface area (TPSA) is 30.5 Å². The monoisotopic (exact) mass is 279 g/mol. The zero-order valence-corrected chi connectivity index (χ0v) is 13.4. The van der Waals surface area contributed by atoms with Crippen LogP contribution in [-0.2, 0) is 0 Å². The predicted octanol–water partition coefficient (Wildman–Crippen LogP) is 3.88. The molecule has 1 aromatic rings. The van der Waals surface area contributed by atoms with Crippen molar-refractivity contribution in [1.29, 1.82) is 0 Å². The van der Waals surface area contributed by atoms with Crippen molar-refractivity contribution in [3.63, 3.8) is 0 Å². The lowest BCUT2D eigenvalue weighted by Gasteiger charge is -2.28. The average Bonchev–Trinajstić information content (AvgIpc) is 2.47. The van der Waals surface area contributed by atoms with Gasteiger partial charge in [-0.3, -0.25) is 0 Å². The van der Waals surface area contributed by atoms with Crippen LogP contribution >= 0.6 is 0 Å². The SMILES string of the molecule is CCNCC(C)(CC)CCOc1ccccc1OCC. The second kappa shape index (κ2) is 8.85. The molecule has 114 valence electrons. The van der Waals surface area contributed by atoms with Crippen LogP contribution in [0.25, 0.3) is 0 Å². The molecule has 0 aromatic heterocycles. The number of hydrogen-bond acceptors (Lipinski definition) is 3. The maximum absolute atomic E-state index is 5.91. The molecule has 0 aliphatic heterocycles. The van der Waals surface area contributed by atoms with Crippen molar-refractivity contribution in [2.45, 2.75) is 40.5 Å². The van der Waals surface area contributed by atoms with Crippen LogP contribution in [0.4, 0.5) is 0 Å². The highest BCUT2D eigenvalue weighted by Crippen LogP contribution is 2.29. The van der Waals surface area contributed by atoms with Gasteiger partial charge in [-0.2, -0.15) is 0 Å². The summed E-state index contributed by atoms with van der Waals surface area (Å²) in [5, 5.41) is 3.44. The van der Waals surface area contributed by atoms with Crippen LogP contribution in [0, 0.1) is 5.41 Å². The molecule has 1 N–H and O–H groups in total. The van der Waals surface area contributed by atoms with Crippen molar-refractivity contribution < 1.29 is 9.47 Å². The van der Waals surface area contributed by atoms with Gasteiger partial charge in [-0.15, -0.1) is 0 Å². The highest BCUT2D eigenvalue weighted by molar-refractivity contribution is 5.39. The summed E-state index contributed by atoms with van der Waals surface area (Å²) in [6, 6.07) is 7.88. The summed E-state index contributed by atoms with van der Waals surface area (Å²) in [6.07, 6.45) is 2.19. The summed E-state index contributed by atoms with van der Waals surface area (Å²) >= 11 is 0. The van der Waals surface area contributed by atoms with Gasteiger partial charge in [-0.1, -0.05) is 32.9 Å². The van der Waals surface area contributed by atoms with E-state index in [2.05, 4.69) is 26.1 Å². The van der Waals surface area contributed by atoms with Crippen molar-refractivity contribution in [1.82, 2.24) is 5.32 Å². The van der Waals surface area contributed by atoms with Gasteiger partial charge in [0.05, 0.1) is 13.2 Å². The van der Waals surface area contributed by atoms with Crippen LogP contribution in [0.5, 0.6) is 11.5 Å². The van der Waals surface area contributed by atoms with E-state index in [1.54, 1.807) is 0 Å². The Bertz CT molecular complexity index is 381. The third-order valence-electron chi connectivity index (χ3n) is 3.77. The van der Waals surface area contributed by atoms with Crippen LogP contribution in [0.15, 0.2) is 24.3 Å². The van der Waals surface area contributed by atoms with Crippen molar-refractivity contribution in [3.8, 4) is 11.5 Å². The van der Waals surface area contributed by atoms with Gasteiger partial charge in [0.2, 0.25) is 0 Å². The van der Waals surface area contributed by atoms with Crippen LogP contribution in [0.2, 0.25) is 0 Å². The van der Waals surface area contributed by atoms with E-state index in [4.69, 9.17) is 9.47 Å². The molecule has 0 amide bonds. The molecule has 0 heterocycles. The normalized spacial score (nSPS) is 13.8. The fourth-order valence-electron chi connectivity index (χ4n) is 2.07. The number of nitrogens with one attached hydrogen (secondary N) is 1. The predicted molar refractivity (Wildman–Crippen MR) is 84.7 cm³/mol. The van der Waals surface area contributed by atoms with Crippen molar-refractivity contribution >= 4 is 0 Å². The molecule has 1 unspecified atom stereocenters. The fourth-order valence-corrected chi connectivity index (χ4v) is 2.07. The van der Waals surface area contributed by atoms with Crippen LogP contribution in [0.1, 0.15) is 40.5 Å². The Kier molecular flexibility index (Phi) is 7.45. The number of hydrogen-bond donors (Lipinski definition) is 1. The molecule has 0 aliphatic carbocycles. The van der Waals surface area contributed by atoms with E-state index in [0.29, 0.717) is 6.61 Å². The maximum Gasteiger partial charge on any atom is 0.161 e. The van der Waals surface area contributed by atoms with Crippen molar-refractivity contribution in [2.75, 3.05) is 26.3 Å². The van der Waals surface area contributed by atoms with E-state index in [0.717, 1.165) is 44.0 Å². The molecule has 20 heavy (non-hydrogen) atoms. The first-order valence-electron chi connectivity index (χ1n) is 7.70. The van der Waals surface area contributed by atoms with Crippen molar-refractivity contribution in [2.24, 2.45) is 5.41 Å². The molecule has 0 fully saturated rings. The van der Waals surface area contributed by atoms with E-state index in [-0.39, 0.29) is 5.41 Å². The highest BCUT2D eigenvalue weighted by atomic mass is 16.5. The van der Waals surface area contributed by atoms with E-state index < -0.39 is 0 Å². The molecule has 1 atom stereocenters. The van der Waals surface area contributed by atoms with Gasteiger partial charge in [-0.25, -0.2) is 0 Å². The second-order valence-electron chi connectivity index (χ2n) is 5.42. The summed E-state index contributed by atoms with van der Waals surface area (Å²) in [6.45, 7) is 12.1. The maximum atomic E-state index is 5.91. The number of ether oxygens (including phenoxy) is 2. The number of para-hydroxylation sites is 2. The third-order valence-corrected chi connectivity index (χ3v) is 3.77. The van der Waals surface area contributed by atoms with Gasteiger partial charge < -0.3 is 14.8 Å². The van der Waals surface area contributed by atoms with Gasteiger partial charge in [0.1, 0.15) is 0 Å². The largest absolute Gasteiger partial charge is 0.490 e. The first-order chi connectivity index (χ1) is 9.65. The molecular formula is C17H29NO2. The van der Waals surface area contributed by atoms with Gasteiger partial charge >= 0.3 is 0 Å². The molecule has 0 aliphatic rings. The summed E-state index contributed by atoms with van der Waals surface area (Å²) in [7, 11) is 0. The molecule has 0 saturated heterocycles. The smallest absolute Gasteiger partial charge is 0.161 e. The van der Waals surface area contributed by atoms with Gasteiger partial charge in [0.25, 0.3) is 0 Å². The van der Waals surface area contributed by atoms with Crippen LogP contribution in [0.3, 0.4) is 0 Å². The lowest BCUT2D eigenvalue weighted by molar-refractivity contribution is 0.194. The second-order valence-corrected chi connectivity index (χ2v) is 5.42. The molecule has 0 saturated carbocycles. The first-order valence-corrected chi connectivity index (χ1v) is 7.70.